The fourth-order valence-corrected chi connectivity index (χ4v) is 8.46. The quantitative estimate of drug-likeness (QED) is 0.0987. The molecule has 0 radical (unpaired) electrons. The molecule has 6 atom stereocenters. The predicted octanol–water partition coefficient (Wildman–Crippen LogP) is 5.82. The lowest BCUT2D eigenvalue weighted by Gasteiger charge is -2.31. The third kappa shape index (κ3) is 4.90. The van der Waals surface area contributed by atoms with Crippen molar-refractivity contribution in [3.8, 4) is 5.75 Å². The minimum absolute atomic E-state index is 0.00246. The molecule has 6 rings (SSSR count). The van der Waals surface area contributed by atoms with Gasteiger partial charge in [0.05, 0.1) is 28.7 Å². The fraction of sp³-hybridized carbons (Fsp3) is 0.276. The third-order valence-electron chi connectivity index (χ3n) is 8.00. The van der Waals surface area contributed by atoms with E-state index < -0.39 is 47.9 Å². The number of amides is 3. The predicted molar refractivity (Wildman–Crippen MR) is 158 cm³/mol. The summed E-state index contributed by atoms with van der Waals surface area (Å²) in [4.78, 5) is 67.0. The van der Waals surface area contributed by atoms with Crippen LogP contribution < -0.4 is 4.74 Å². The smallest absolute Gasteiger partial charge is 0.379 e. The molecule has 9 nitrogen and oxygen atoms in total. The van der Waals surface area contributed by atoms with E-state index in [2.05, 4.69) is 31.9 Å². The number of halogens is 4. The zero-order chi connectivity index (χ0) is 29.9. The molecule has 1 saturated heterocycles. The standard InChI is InChI=1S/C29H20Br2Cl2N2O7/c30-24-17-11-18(25(24)31)23-22(17)27(38)35(28(23)39)34(26(37)16-8-5-14(32)10-19(16)33)12-20(36)13-3-6-15(7-4-13)42-29(40)21-2-1-9-41-21/h1-10,17-18,22-25H,11-12H2/t17-,18-,22-,23+,24-,25+/m1/s1. The van der Waals surface area contributed by atoms with Crippen LogP contribution in [-0.4, -0.2) is 55.7 Å². The molecule has 2 aromatic carbocycles. The van der Waals surface area contributed by atoms with E-state index in [1.807, 2.05) is 0 Å². The molecular formula is C29H20Br2Cl2N2O7. The summed E-state index contributed by atoms with van der Waals surface area (Å²) in [6.45, 7) is -0.620. The van der Waals surface area contributed by atoms with Crippen molar-refractivity contribution in [3.63, 3.8) is 0 Å². The molecule has 0 unspecified atom stereocenters. The van der Waals surface area contributed by atoms with Gasteiger partial charge in [-0.1, -0.05) is 55.1 Å². The van der Waals surface area contributed by atoms with Crippen molar-refractivity contribution in [2.75, 3.05) is 6.54 Å². The molecular weight excluding hydrogens is 719 g/mol. The maximum atomic E-state index is 13.9. The number of hydrogen-bond donors (Lipinski definition) is 0. The molecule has 13 heteroatoms. The van der Waals surface area contributed by atoms with E-state index in [-0.39, 0.29) is 54.2 Å². The minimum atomic E-state index is -0.797. The molecule has 3 aromatic rings. The number of ether oxygens (including phenoxy) is 1. The topological polar surface area (TPSA) is 114 Å². The summed E-state index contributed by atoms with van der Waals surface area (Å²) < 4.78 is 10.3. The van der Waals surface area contributed by atoms with Crippen molar-refractivity contribution in [2.24, 2.45) is 23.7 Å². The van der Waals surface area contributed by atoms with Crippen LogP contribution >= 0.6 is 55.1 Å². The fourth-order valence-electron chi connectivity index (χ4n) is 6.09. The van der Waals surface area contributed by atoms with E-state index >= 15 is 0 Å². The summed E-state index contributed by atoms with van der Waals surface area (Å²) in [6, 6.07) is 12.9. The van der Waals surface area contributed by atoms with Crippen molar-refractivity contribution in [1.29, 1.82) is 0 Å². The first-order valence-corrected chi connectivity index (χ1v) is 15.5. The van der Waals surface area contributed by atoms with Gasteiger partial charge in [-0.3, -0.25) is 19.2 Å². The van der Waals surface area contributed by atoms with Gasteiger partial charge >= 0.3 is 5.97 Å². The Kier molecular flexibility index (Phi) is 7.80. The van der Waals surface area contributed by atoms with Gasteiger partial charge in [0.1, 0.15) is 12.3 Å². The van der Waals surface area contributed by atoms with E-state index in [1.165, 1.54) is 54.8 Å². The average Bonchev–Trinajstić information content (AvgIpc) is 3.74. The zero-order valence-corrected chi connectivity index (χ0v) is 26.1. The van der Waals surface area contributed by atoms with Crippen molar-refractivity contribution >= 4 is 84.5 Å². The first-order valence-electron chi connectivity index (χ1n) is 12.9. The summed E-state index contributed by atoms with van der Waals surface area (Å²) in [5.41, 5.74) is 0.139. The van der Waals surface area contributed by atoms with E-state index in [0.717, 1.165) is 10.0 Å². The zero-order valence-electron chi connectivity index (χ0n) is 21.4. The van der Waals surface area contributed by atoms with Crippen LogP contribution in [0.15, 0.2) is 65.3 Å². The van der Waals surface area contributed by atoms with Crippen LogP contribution in [0.25, 0.3) is 0 Å². The number of imide groups is 1. The van der Waals surface area contributed by atoms with Gasteiger partial charge in [-0.2, -0.15) is 5.01 Å². The Bertz CT molecular complexity index is 1580. The van der Waals surface area contributed by atoms with Crippen LogP contribution in [0.4, 0.5) is 0 Å². The molecule has 42 heavy (non-hydrogen) atoms. The van der Waals surface area contributed by atoms with Gasteiger partial charge in [0.15, 0.2) is 5.78 Å². The number of Topliss-reactive ketones (excluding diaryl/α,β-unsaturated/α-hetero) is 1. The largest absolute Gasteiger partial charge is 0.457 e. The molecule has 1 aliphatic heterocycles. The molecule has 1 aromatic heterocycles. The molecule has 2 aliphatic carbocycles. The summed E-state index contributed by atoms with van der Waals surface area (Å²) in [5, 5.41) is 1.99. The molecule has 0 spiro atoms. The number of nitrogens with zero attached hydrogens (tertiary/aromatic N) is 2. The van der Waals surface area contributed by atoms with Gasteiger partial charge < -0.3 is 9.15 Å². The Hall–Kier alpha value is -2.99. The number of rotatable bonds is 7. The van der Waals surface area contributed by atoms with Crippen molar-refractivity contribution in [1.82, 2.24) is 10.0 Å². The average molecular weight is 739 g/mol. The minimum Gasteiger partial charge on any atom is -0.457 e. The van der Waals surface area contributed by atoms with Crippen LogP contribution in [0.2, 0.25) is 10.0 Å². The van der Waals surface area contributed by atoms with Crippen LogP contribution in [-0.2, 0) is 9.59 Å². The molecule has 3 aliphatic rings. The highest BCUT2D eigenvalue weighted by atomic mass is 79.9. The molecule has 2 bridgehead atoms. The first kappa shape index (κ1) is 29.1. The summed E-state index contributed by atoms with van der Waals surface area (Å²) in [7, 11) is 0. The van der Waals surface area contributed by atoms with Crippen LogP contribution in [0, 0.1) is 23.7 Å². The first-order chi connectivity index (χ1) is 20.1. The Labute approximate surface area is 266 Å². The lowest BCUT2D eigenvalue weighted by atomic mass is 9.81. The monoisotopic (exact) mass is 736 g/mol. The van der Waals surface area contributed by atoms with E-state index in [9.17, 15) is 24.0 Å². The normalized spacial score (nSPS) is 26.0. The van der Waals surface area contributed by atoms with Gasteiger partial charge in [-0.15, -0.1) is 0 Å². The van der Waals surface area contributed by atoms with E-state index in [0.29, 0.717) is 6.42 Å². The number of ketones is 1. The van der Waals surface area contributed by atoms with Gasteiger partial charge in [-0.25, -0.2) is 9.80 Å². The highest BCUT2D eigenvalue weighted by molar-refractivity contribution is 9.12. The summed E-state index contributed by atoms with van der Waals surface area (Å²) >= 11 is 19.6. The number of hydrazine groups is 1. The van der Waals surface area contributed by atoms with Crippen molar-refractivity contribution in [3.05, 3.63) is 87.8 Å². The summed E-state index contributed by atoms with van der Waals surface area (Å²) in [5.74, 6) is -4.31. The Morgan fingerprint density at radius 2 is 1.60 bits per heavy atom. The number of alkyl halides is 2. The number of benzene rings is 2. The molecule has 3 fully saturated rings. The number of carbonyl (C=O) groups is 5. The highest BCUT2D eigenvalue weighted by Crippen LogP contribution is 2.60. The van der Waals surface area contributed by atoms with E-state index in [1.54, 1.807) is 6.07 Å². The number of esters is 1. The van der Waals surface area contributed by atoms with Crippen molar-refractivity contribution < 1.29 is 33.1 Å². The number of hydrogen-bond acceptors (Lipinski definition) is 7. The van der Waals surface area contributed by atoms with Crippen LogP contribution in [0.5, 0.6) is 5.75 Å². The Balaban J connectivity index is 1.28. The SMILES string of the molecule is O=C(CN(C(=O)c1ccc(Cl)cc1Cl)N1C(=O)[C@@H]2[C@H]3C[C@@H]([C@H](Br)[C@@H]3Br)[C@@H]2C1=O)c1ccc(OC(=O)c2ccco2)cc1. The van der Waals surface area contributed by atoms with Crippen molar-refractivity contribution in [2.45, 2.75) is 16.1 Å². The van der Waals surface area contributed by atoms with Gasteiger partial charge in [-0.05, 0) is 72.9 Å². The Morgan fingerprint density at radius 3 is 2.17 bits per heavy atom. The van der Waals surface area contributed by atoms with Crippen LogP contribution in [0.1, 0.15) is 37.7 Å². The molecule has 216 valence electrons. The maximum absolute atomic E-state index is 13.9. The summed E-state index contributed by atoms with van der Waals surface area (Å²) in [6.07, 6.45) is 2.05. The van der Waals surface area contributed by atoms with Gasteiger partial charge in [0, 0.05) is 20.2 Å². The number of carbonyl (C=O) groups excluding carboxylic acids is 5. The van der Waals surface area contributed by atoms with Gasteiger partial charge in [0.2, 0.25) is 5.76 Å². The van der Waals surface area contributed by atoms with Crippen LogP contribution in [0.3, 0.4) is 0 Å². The lowest BCUT2D eigenvalue weighted by molar-refractivity contribution is -0.154. The molecule has 2 heterocycles. The Morgan fingerprint density at radius 1 is 0.952 bits per heavy atom. The molecule has 3 amide bonds. The maximum Gasteiger partial charge on any atom is 0.379 e. The second-order valence-electron chi connectivity index (χ2n) is 10.3. The molecule has 0 N–H and O–H groups in total. The van der Waals surface area contributed by atoms with Gasteiger partial charge in [0.25, 0.3) is 17.7 Å². The second kappa shape index (κ2) is 11.3. The lowest BCUT2D eigenvalue weighted by Crippen LogP contribution is -2.52. The second-order valence-corrected chi connectivity index (χ2v) is 13.3. The number of furan rings is 1. The highest BCUT2D eigenvalue weighted by Gasteiger charge is 2.67. The molecule has 2 saturated carbocycles. The van der Waals surface area contributed by atoms with E-state index in [4.69, 9.17) is 32.4 Å². The number of fused-ring (bicyclic) bond motifs is 5. The third-order valence-corrected chi connectivity index (χ3v) is 11.8.